The number of nitrogens with two attached hydrogens (primary N) is 1. The molecule has 2 aromatic rings. The molecule has 0 unspecified atom stereocenters. The van der Waals surface area contributed by atoms with E-state index in [9.17, 15) is 4.79 Å². The van der Waals surface area contributed by atoms with E-state index in [1.807, 2.05) is 13.1 Å². The number of nitrogen functional groups attached to an aromatic ring is 1. The molecule has 0 saturated carbocycles. The molecule has 1 aromatic heterocycles. The summed E-state index contributed by atoms with van der Waals surface area (Å²) in [7, 11) is 1.85. The summed E-state index contributed by atoms with van der Waals surface area (Å²) in [6.07, 6.45) is 2.36. The zero-order chi connectivity index (χ0) is 13.8. The molecular weight excluding hydrogens is 246 g/mol. The van der Waals surface area contributed by atoms with Crippen molar-refractivity contribution in [2.24, 2.45) is 7.05 Å². The van der Waals surface area contributed by atoms with Crippen molar-refractivity contribution in [2.75, 3.05) is 12.3 Å². The Morgan fingerprint density at radius 2 is 2.26 bits per heavy atom. The van der Waals surface area contributed by atoms with Gasteiger partial charge in [0, 0.05) is 31.0 Å². The summed E-state index contributed by atoms with van der Waals surface area (Å²) in [6.45, 7) is 0.379. The highest BCUT2D eigenvalue weighted by Crippen LogP contribution is 2.21. The van der Waals surface area contributed by atoms with Crippen LogP contribution in [-0.4, -0.2) is 27.5 Å². The summed E-state index contributed by atoms with van der Waals surface area (Å²) in [4.78, 5) is 11.1. The van der Waals surface area contributed by atoms with Crippen LogP contribution in [0.15, 0.2) is 30.5 Å². The number of ether oxygens (including phenoxy) is 1. The Kier molecular flexibility index (Phi) is 3.70. The van der Waals surface area contributed by atoms with Gasteiger partial charge in [0.2, 0.25) is 0 Å². The van der Waals surface area contributed by atoms with Crippen molar-refractivity contribution >= 4 is 11.7 Å². The fraction of sp³-hybridized carbons (Fsp3) is 0.231. The third-order valence-electron chi connectivity index (χ3n) is 2.77. The van der Waals surface area contributed by atoms with Crippen LogP contribution < -0.4 is 10.5 Å². The maximum atomic E-state index is 11.1. The first-order valence-corrected chi connectivity index (χ1v) is 5.80. The largest absolute Gasteiger partial charge is 0.492 e. The predicted octanol–water partition coefficient (Wildman–Crippen LogP) is 1.32. The zero-order valence-electron chi connectivity index (χ0n) is 10.5. The standard InChI is InChI=1S/C13H15N3O3/c1-16-10(4-6-15-16)5-7-19-12-3-2-9(14)8-11(12)13(17)18/h2-4,6,8H,5,7,14H2,1H3,(H,17,18). The lowest BCUT2D eigenvalue weighted by molar-refractivity contribution is 0.0692. The Hall–Kier alpha value is -2.50. The van der Waals surface area contributed by atoms with Gasteiger partial charge in [-0.3, -0.25) is 4.68 Å². The third kappa shape index (κ3) is 3.04. The Morgan fingerprint density at radius 1 is 1.47 bits per heavy atom. The number of carbonyl (C=O) groups is 1. The Labute approximate surface area is 110 Å². The first kappa shape index (κ1) is 12.9. The van der Waals surface area contributed by atoms with Gasteiger partial charge in [0.1, 0.15) is 11.3 Å². The number of benzene rings is 1. The first-order valence-electron chi connectivity index (χ1n) is 5.80. The van der Waals surface area contributed by atoms with Crippen LogP contribution in [0.1, 0.15) is 16.1 Å². The first-order chi connectivity index (χ1) is 9.08. The maximum absolute atomic E-state index is 11.1. The van der Waals surface area contributed by atoms with Crippen LogP contribution >= 0.6 is 0 Å². The van der Waals surface area contributed by atoms with E-state index in [1.54, 1.807) is 23.0 Å². The smallest absolute Gasteiger partial charge is 0.339 e. The van der Waals surface area contributed by atoms with Crippen LogP contribution in [-0.2, 0) is 13.5 Å². The van der Waals surface area contributed by atoms with Gasteiger partial charge >= 0.3 is 5.97 Å². The molecule has 0 amide bonds. The molecule has 0 aliphatic rings. The van der Waals surface area contributed by atoms with Gasteiger partial charge in [0.05, 0.1) is 6.61 Å². The van der Waals surface area contributed by atoms with Crippen molar-refractivity contribution in [1.82, 2.24) is 9.78 Å². The van der Waals surface area contributed by atoms with Gasteiger partial charge < -0.3 is 15.6 Å². The quantitative estimate of drug-likeness (QED) is 0.792. The van der Waals surface area contributed by atoms with E-state index in [0.29, 0.717) is 24.5 Å². The second-order valence-electron chi connectivity index (χ2n) is 4.11. The third-order valence-corrected chi connectivity index (χ3v) is 2.77. The molecule has 19 heavy (non-hydrogen) atoms. The number of aromatic nitrogens is 2. The molecule has 1 aromatic carbocycles. The van der Waals surface area contributed by atoms with Crippen molar-refractivity contribution in [3.8, 4) is 5.75 Å². The van der Waals surface area contributed by atoms with Crippen molar-refractivity contribution in [1.29, 1.82) is 0 Å². The number of anilines is 1. The highest BCUT2D eigenvalue weighted by molar-refractivity contribution is 5.92. The van der Waals surface area contributed by atoms with Crippen molar-refractivity contribution in [2.45, 2.75) is 6.42 Å². The summed E-state index contributed by atoms with van der Waals surface area (Å²) in [5.41, 5.74) is 7.05. The second kappa shape index (κ2) is 5.43. The van der Waals surface area contributed by atoms with Crippen molar-refractivity contribution in [3.63, 3.8) is 0 Å². The number of nitrogens with zero attached hydrogens (tertiary/aromatic N) is 2. The molecule has 0 bridgehead atoms. The molecule has 0 spiro atoms. The average Bonchev–Trinajstić information content (AvgIpc) is 2.77. The Morgan fingerprint density at radius 3 is 2.89 bits per heavy atom. The molecule has 100 valence electrons. The van der Waals surface area contributed by atoms with E-state index in [-0.39, 0.29) is 5.56 Å². The number of rotatable bonds is 5. The predicted molar refractivity (Wildman–Crippen MR) is 70.2 cm³/mol. The van der Waals surface area contributed by atoms with E-state index in [1.165, 1.54) is 6.07 Å². The maximum Gasteiger partial charge on any atom is 0.339 e. The highest BCUT2D eigenvalue weighted by atomic mass is 16.5. The van der Waals surface area contributed by atoms with Gasteiger partial charge in [-0.1, -0.05) is 0 Å². The monoisotopic (exact) mass is 261 g/mol. The lowest BCUT2D eigenvalue weighted by Gasteiger charge is -2.09. The minimum absolute atomic E-state index is 0.0741. The fourth-order valence-corrected chi connectivity index (χ4v) is 1.75. The van der Waals surface area contributed by atoms with Gasteiger partial charge in [0.25, 0.3) is 0 Å². The van der Waals surface area contributed by atoms with Gasteiger partial charge in [-0.15, -0.1) is 0 Å². The van der Waals surface area contributed by atoms with Crippen LogP contribution in [0.5, 0.6) is 5.75 Å². The zero-order valence-corrected chi connectivity index (χ0v) is 10.5. The van der Waals surface area contributed by atoms with Crippen molar-refractivity contribution < 1.29 is 14.6 Å². The summed E-state index contributed by atoms with van der Waals surface area (Å²) < 4.78 is 7.26. The molecule has 0 fully saturated rings. The van der Waals surface area contributed by atoms with Crippen LogP contribution in [0.3, 0.4) is 0 Å². The molecule has 0 saturated heterocycles. The number of aromatic carboxylic acids is 1. The molecule has 0 radical (unpaired) electrons. The molecule has 3 N–H and O–H groups in total. The highest BCUT2D eigenvalue weighted by Gasteiger charge is 2.11. The van der Waals surface area contributed by atoms with Crippen LogP contribution in [0, 0.1) is 0 Å². The summed E-state index contributed by atoms with van der Waals surface area (Å²) in [6, 6.07) is 6.47. The van der Waals surface area contributed by atoms with Crippen molar-refractivity contribution in [3.05, 3.63) is 41.7 Å². The molecule has 0 atom stereocenters. The molecule has 2 rings (SSSR count). The summed E-state index contributed by atoms with van der Waals surface area (Å²) in [5.74, 6) is -0.730. The number of hydrogen-bond donors (Lipinski definition) is 2. The van der Waals surface area contributed by atoms with Crippen LogP contribution in [0.4, 0.5) is 5.69 Å². The average molecular weight is 261 g/mol. The van der Waals surface area contributed by atoms with Crippen LogP contribution in [0.25, 0.3) is 0 Å². The number of carboxylic acid groups (broad SMARTS) is 1. The minimum atomic E-state index is -1.05. The van der Waals surface area contributed by atoms with Gasteiger partial charge in [-0.05, 0) is 24.3 Å². The SMILES string of the molecule is Cn1nccc1CCOc1ccc(N)cc1C(=O)O. The van der Waals surface area contributed by atoms with Gasteiger partial charge in [-0.2, -0.15) is 5.10 Å². The molecule has 0 aliphatic carbocycles. The van der Waals surface area contributed by atoms with E-state index in [4.69, 9.17) is 15.6 Å². The Balaban J connectivity index is 2.03. The summed E-state index contributed by atoms with van der Waals surface area (Å²) >= 11 is 0. The summed E-state index contributed by atoms with van der Waals surface area (Å²) in [5, 5.41) is 13.1. The number of carboxylic acids is 1. The van der Waals surface area contributed by atoms with E-state index in [0.717, 1.165) is 5.69 Å². The molecule has 1 heterocycles. The van der Waals surface area contributed by atoms with Gasteiger partial charge in [0.15, 0.2) is 0 Å². The topological polar surface area (TPSA) is 90.4 Å². The molecule has 6 nitrogen and oxygen atoms in total. The van der Waals surface area contributed by atoms with Crippen LogP contribution in [0.2, 0.25) is 0 Å². The fourth-order valence-electron chi connectivity index (χ4n) is 1.75. The number of hydrogen-bond acceptors (Lipinski definition) is 4. The second-order valence-corrected chi connectivity index (χ2v) is 4.11. The molecule has 0 aliphatic heterocycles. The Bertz CT molecular complexity index is 593. The lowest BCUT2D eigenvalue weighted by Crippen LogP contribution is -2.09. The molecular formula is C13H15N3O3. The lowest BCUT2D eigenvalue weighted by atomic mass is 10.2. The minimum Gasteiger partial charge on any atom is -0.492 e. The van der Waals surface area contributed by atoms with E-state index in [2.05, 4.69) is 5.10 Å². The molecule has 6 heteroatoms. The number of aryl methyl sites for hydroxylation is 1. The van der Waals surface area contributed by atoms with E-state index < -0.39 is 5.97 Å². The van der Waals surface area contributed by atoms with Gasteiger partial charge in [-0.25, -0.2) is 4.79 Å². The normalized spacial score (nSPS) is 10.4. The van der Waals surface area contributed by atoms with E-state index >= 15 is 0 Å².